The molecule has 0 radical (unpaired) electrons. The molecular weight excluding hydrogens is 234 g/mol. The zero-order chi connectivity index (χ0) is 12.6. The summed E-state index contributed by atoms with van der Waals surface area (Å²) in [5.74, 6) is 0. The van der Waals surface area contributed by atoms with E-state index in [1.54, 1.807) is 0 Å². The standard InChI is InChI=1S/C14H18ClNO/c1-10-8-11-6-4-5-7-12(11)16(10)9-14(2,3)13(15)17/h4-7,10H,8-9H2,1-3H3. The lowest BCUT2D eigenvalue weighted by Gasteiger charge is -2.32. The first-order chi connectivity index (χ1) is 7.92. The summed E-state index contributed by atoms with van der Waals surface area (Å²) < 4.78 is 0. The van der Waals surface area contributed by atoms with Crippen molar-refractivity contribution in [1.29, 1.82) is 0 Å². The van der Waals surface area contributed by atoms with Crippen LogP contribution in [0.1, 0.15) is 26.3 Å². The zero-order valence-electron chi connectivity index (χ0n) is 10.5. The molecule has 0 fully saturated rings. The van der Waals surface area contributed by atoms with Crippen LogP contribution in [0, 0.1) is 5.41 Å². The van der Waals surface area contributed by atoms with Crippen molar-refractivity contribution in [3.05, 3.63) is 29.8 Å². The number of hydrogen-bond acceptors (Lipinski definition) is 2. The predicted octanol–water partition coefficient (Wildman–Crippen LogP) is 3.23. The fourth-order valence-electron chi connectivity index (χ4n) is 2.36. The monoisotopic (exact) mass is 251 g/mol. The van der Waals surface area contributed by atoms with Gasteiger partial charge in [-0.2, -0.15) is 0 Å². The molecule has 1 aliphatic heterocycles. The quantitative estimate of drug-likeness (QED) is 0.769. The molecule has 1 aromatic carbocycles. The van der Waals surface area contributed by atoms with Gasteiger partial charge in [-0.1, -0.05) is 18.2 Å². The Bertz CT molecular complexity index is 442. The topological polar surface area (TPSA) is 20.3 Å². The summed E-state index contributed by atoms with van der Waals surface area (Å²) in [6.45, 7) is 6.66. The Morgan fingerprint density at radius 3 is 2.76 bits per heavy atom. The van der Waals surface area contributed by atoms with Gasteiger partial charge in [-0.15, -0.1) is 0 Å². The number of hydrogen-bond donors (Lipinski definition) is 0. The second-order valence-corrected chi connectivity index (χ2v) is 5.81. The summed E-state index contributed by atoms with van der Waals surface area (Å²) in [5, 5.41) is -0.269. The lowest BCUT2D eigenvalue weighted by molar-refractivity contribution is -0.118. The van der Waals surface area contributed by atoms with Crippen LogP contribution in [0.4, 0.5) is 5.69 Å². The highest BCUT2D eigenvalue weighted by Crippen LogP contribution is 2.34. The number of carbonyl (C=O) groups is 1. The van der Waals surface area contributed by atoms with Gasteiger partial charge in [0.05, 0.1) is 5.41 Å². The highest BCUT2D eigenvalue weighted by molar-refractivity contribution is 6.64. The molecule has 2 rings (SSSR count). The second kappa shape index (κ2) is 4.34. The summed E-state index contributed by atoms with van der Waals surface area (Å²) in [7, 11) is 0. The van der Waals surface area contributed by atoms with E-state index in [2.05, 4.69) is 30.0 Å². The number of halogens is 1. The van der Waals surface area contributed by atoms with E-state index in [0.29, 0.717) is 12.6 Å². The summed E-state index contributed by atoms with van der Waals surface area (Å²) in [4.78, 5) is 13.7. The van der Waals surface area contributed by atoms with E-state index < -0.39 is 5.41 Å². The molecule has 0 spiro atoms. The van der Waals surface area contributed by atoms with E-state index >= 15 is 0 Å². The van der Waals surface area contributed by atoms with Gasteiger partial charge in [-0.25, -0.2) is 0 Å². The smallest absolute Gasteiger partial charge is 0.229 e. The lowest BCUT2D eigenvalue weighted by Crippen LogP contribution is -2.40. The van der Waals surface area contributed by atoms with Crippen LogP contribution in [0.3, 0.4) is 0 Å². The fraction of sp³-hybridized carbons (Fsp3) is 0.500. The van der Waals surface area contributed by atoms with Gasteiger partial charge in [0.25, 0.3) is 0 Å². The first-order valence-corrected chi connectivity index (χ1v) is 6.34. The van der Waals surface area contributed by atoms with Crippen LogP contribution in [-0.2, 0) is 11.2 Å². The predicted molar refractivity (Wildman–Crippen MR) is 71.6 cm³/mol. The molecule has 3 heteroatoms. The molecule has 1 heterocycles. The first kappa shape index (κ1) is 12.4. The third-order valence-corrected chi connectivity index (χ3v) is 3.96. The molecule has 0 aromatic heterocycles. The van der Waals surface area contributed by atoms with Crippen molar-refractivity contribution in [3.8, 4) is 0 Å². The second-order valence-electron chi connectivity index (χ2n) is 5.47. The molecule has 0 saturated heterocycles. The number of fused-ring (bicyclic) bond motifs is 1. The minimum atomic E-state index is -0.507. The van der Waals surface area contributed by atoms with Gasteiger partial charge in [0.2, 0.25) is 5.24 Å². The third-order valence-electron chi connectivity index (χ3n) is 3.45. The van der Waals surface area contributed by atoms with Crippen molar-refractivity contribution in [2.45, 2.75) is 33.2 Å². The molecule has 0 aliphatic carbocycles. The summed E-state index contributed by atoms with van der Waals surface area (Å²) in [6, 6.07) is 8.81. The number of rotatable bonds is 3. The molecule has 0 saturated carbocycles. The number of para-hydroxylation sites is 1. The molecular formula is C14H18ClNO. The highest BCUT2D eigenvalue weighted by atomic mass is 35.5. The van der Waals surface area contributed by atoms with Crippen LogP contribution in [0.15, 0.2) is 24.3 Å². The number of nitrogens with zero attached hydrogens (tertiary/aromatic N) is 1. The molecule has 0 amide bonds. The average molecular weight is 252 g/mol. The van der Waals surface area contributed by atoms with Crippen molar-refractivity contribution in [2.75, 3.05) is 11.4 Å². The largest absolute Gasteiger partial charge is 0.367 e. The van der Waals surface area contributed by atoms with Gasteiger partial charge in [-0.3, -0.25) is 4.79 Å². The minimum Gasteiger partial charge on any atom is -0.367 e. The SMILES string of the molecule is CC1Cc2ccccc2N1CC(C)(C)C(=O)Cl. The Hall–Kier alpha value is -1.02. The molecule has 17 heavy (non-hydrogen) atoms. The Kier molecular flexibility index (Phi) is 3.17. The van der Waals surface area contributed by atoms with E-state index in [1.165, 1.54) is 11.3 Å². The van der Waals surface area contributed by atoms with Crippen molar-refractivity contribution in [3.63, 3.8) is 0 Å². The number of anilines is 1. The number of benzene rings is 1. The molecule has 1 unspecified atom stereocenters. The van der Waals surface area contributed by atoms with Gasteiger partial charge >= 0.3 is 0 Å². The van der Waals surface area contributed by atoms with Crippen molar-refractivity contribution in [1.82, 2.24) is 0 Å². The van der Waals surface area contributed by atoms with E-state index in [1.807, 2.05) is 19.9 Å². The maximum Gasteiger partial charge on any atom is 0.229 e. The molecule has 0 bridgehead atoms. The van der Waals surface area contributed by atoms with E-state index in [9.17, 15) is 4.79 Å². The molecule has 1 aromatic rings. The van der Waals surface area contributed by atoms with E-state index in [-0.39, 0.29) is 5.24 Å². The Morgan fingerprint density at radius 2 is 2.12 bits per heavy atom. The molecule has 92 valence electrons. The Morgan fingerprint density at radius 1 is 1.47 bits per heavy atom. The third kappa shape index (κ3) is 2.32. The first-order valence-electron chi connectivity index (χ1n) is 5.96. The Balaban J connectivity index is 2.26. The summed E-state index contributed by atoms with van der Waals surface area (Å²) in [6.07, 6.45) is 1.04. The normalized spacial score (nSPS) is 19.3. The van der Waals surface area contributed by atoms with Crippen LogP contribution >= 0.6 is 11.6 Å². The maximum atomic E-state index is 11.4. The highest BCUT2D eigenvalue weighted by Gasteiger charge is 2.34. The number of carbonyl (C=O) groups excluding carboxylic acids is 1. The van der Waals surface area contributed by atoms with Crippen LogP contribution in [-0.4, -0.2) is 17.8 Å². The van der Waals surface area contributed by atoms with Crippen molar-refractivity contribution >= 4 is 22.5 Å². The van der Waals surface area contributed by atoms with E-state index in [4.69, 9.17) is 11.6 Å². The lowest BCUT2D eigenvalue weighted by atomic mass is 9.94. The average Bonchev–Trinajstić information content (AvgIpc) is 2.55. The van der Waals surface area contributed by atoms with Crippen molar-refractivity contribution in [2.24, 2.45) is 5.41 Å². The minimum absolute atomic E-state index is 0.269. The van der Waals surface area contributed by atoms with Gasteiger partial charge in [0.1, 0.15) is 0 Å². The molecule has 1 atom stereocenters. The maximum absolute atomic E-state index is 11.4. The van der Waals surface area contributed by atoms with Gasteiger partial charge in [0, 0.05) is 18.3 Å². The van der Waals surface area contributed by atoms with Gasteiger partial charge in [-0.05, 0) is 50.4 Å². The van der Waals surface area contributed by atoms with Crippen molar-refractivity contribution < 1.29 is 4.79 Å². The van der Waals surface area contributed by atoms with Crippen LogP contribution in [0.2, 0.25) is 0 Å². The molecule has 2 nitrogen and oxygen atoms in total. The van der Waals surface area contributed by atoms with Crippen LogP contribution in [0.5, 0.6) is 0 Å². The van der Waals surface area contributed by atoms with Gasteiger partial charge in [0.15, 0.2) is 0 Å². The summed E-state index contributed by atoms with van der Waals surface area (Å²) in [5.41, 5.74) is 2.09. The Labute approximate surface area is 108 Å². The van der Waals surface area contributed by atoms with Crippen LogP contribution in [0.25, 0.3) is 0 Å². The zero-order valence-corrected chi connectivity index (χ0v) is 11.3. The van der Waals surface area contributed by atoms with Crippen LogP contribution < -0.4 is 4.90 Å². The molecule has 0 N–H and O–H groups in total. The fourth-order valence-corrected chi connectivity index (χ4v) is 2.42. The molecule has 1 aliphatic rings. The van der Waals surface area contributed by atoms with Gasteiger partial charge < -0.3 is 4.90 Å². The van der Waals surface area contributed by atoms with E-state index in [0.717, 1.165) is 6.42 Å². The summed E-state index contributed by atoms with van der Waals surface area (Å²) >= 11 is 5.66.